The highest BCUT2D eigenvalue weighted by Gasteiger charge is 2.30. The Kier molecular flexibility index (Phi) is 11.3. The van der Waals surface area contributed by atoms with E-state index >= 15 is 0 Å². The van der Waals surface area contributed by atoms with Crippen LogP contribution in [0.4, 0.5) is 4.79 Å². The van der Waals surface area contributed by atoms with E-state index in [1.54, 1.807) is 0 Å². The number of piperazine rings is 1. The van der Waals surface area contributed by atoms with E-state index in [-0.39, 0.29) is 30.1 Å². The van der Waals surface area contributed by atoms with Crippen molar-refractivity contribution in [2.75, 3.05) is 85.7 Å². The molecular formula is C22H43IN6O3. The Balaban J connectivity index is 0.00000363. The Morgan fingerprint density at radius 3 is 2.38 bits per heavy atom. The van der Waals surface area contributed by atoms with Crippen LogP contribution in [0.15, 0.2) is 4.99 Å². The number of amides is 1. The standard InChI is InChI=1S/C22H42N6O3.HI/c1-22(2,3)31-21(29)27-12-10-25(11-13-27)8-5-7-24-20(23-4)28-9-6-19(18-28)26-14-16-30-17-15-26;/h19H,5-18H2,1-4H3,(H,23,24);1H. The van der Waals surface area contributed by atoms with Crippen molar-refractivity contribution in [2.24, 2.45) is 4.99 Å². The lowest BCUT2D eigenvalue weighted by molar-refractivity contribution is 0.0144. The maximum atomic E-state index is 12.2. The van der Waals surface area contributed by atoms with Gasteiger partial charge in [0, 0.05) is 72.0 Å². The minimum atomic E-state index is -0.435. The molecule has 1 amide bonds. The van der Waals surface area contributed by atoms with Gasteiger partial charge >= 0.3 is 6.09 Å². The summed E-state index contributed by atoms with van der Waals surface area (Å²) in [5, 5.41) is 3.55. The minimum Gasteiger partial charge on any atom is -0.444 e. The predicted octanol–water partition coefficient (Wildman–Crippen LogP) is 1.53. The molecule has 0 aromatic carbocycles. The lowest BCUT2D eigenvalue weighted by Gasteiger charge is -2.35. The van der Waals surface area contributed by atoms with E-state index < -0.39 is 5.60 Å². The summed E-state index contributed by atoms with van der Waals surface area (Å²) in [5.74, 6) is 1.02. The zero-order chi connectivity index (χ0) is 22.3. The maximum absolute atomic E-state index is 12.2. The molecule has 1 N–H and O–H groups in total. The van der Waals surface area contributed by atoms with E-state index in [0.717, 1.165) is 91.0 Å². The van der Waals surface area contributed by atoms with Crippen molar-refractivity contribution >= 4 is 36.0 Å². The van der Waals surface area contributed by atoms with E-state index in [0.29, 0.717) is 6.04 Å². The molecule has 1 unspecified atom stereocenters. The van der Waals surface area contributed by atoms with E-state index in [2.05, 4.69) is 25.0 Å². The Bertz CT molecular complexity index is 601. The second kappa shape index (κ2) is 13.1. The van der Waals surface area contributed by atoms with Gasteiger partial charge in [0.25, 0.3) is 0 Å². The maximum Gasteiger partial charge on any atom is 0.410 e. The van der Waals surface area contributed by atoms with Crippen LogP contribution < -0.4 is 5.32 Å². The first-order valence-electron chi connectivity index (χ1n) is 11.8. The summed E-state index contributed by atoms with van der Waals surface area (Å²) in [5.41, 5.74) is -0.435. The van der Waals surface area contributed by atoms with Gasteiger partial charge in [-0.05, 0) is 40.2 Å². The largest absolute Gasteiger partial charge is 0.444 e. The number of halogens is 1. The zero-order valence-corrected chi connectivity index (χ0v) is 22.7. The van der Waals surface area contributed by atoms with Crippen LogP contribution in [-0.2, 0) is 9.47 Å². The van der Waals surface area contributed by atoms with Gasteiger partial charge in [-0.1, -0.05) is 0 Å². The second-order valence-corrected chi connectivity index (χ2v) is 9.67. The molecular weight excluding hydrogens is 523 g/mol. The highest BCUT2D eigenvalue weighted by atomic mass is 127. The molecule has 0 aliphatic carbocycles. The number of nitrogens with one attached hydrogen (secondary N) is 1. The monoisotopic (exact) mass is 566 g/mol. The van der Waals surface area contributed by atoms with Crippen LogP contribution in [0.2, 0.25) is 0 Å². The topological polar surface area (TPSA) is 72.9 Å². The lowest BCUT2D eigenvalue weighted by Crippen LogP contribution is -2.50. The summed E-state index contributed by atoms with van der Waals surface area (Å²) < 4.78 is 11.0. The van der Waals surface area contributed by atoms with Crippen LogP contribution in [0.25, 0.3) is 0 Å². The molecule has 3 rings (SSSR count). The highest BCUT2D eigenvalue weighted by molar-refractivity contribution is 14.0. The predicted molar refractivity (Wildman–Crippen MR) is 138 cm³/mol. The van der Waals surface area contributed by atoms with Gasteiger partial charge in [0.2, 0.25) is 0 Å². The normalized spacial score (nSPS) is 23.8. The molecule has 3 aliphatic rings. The quantitative estimate of drug-likeness (QED) is 0.234. The molecule has 0 bridgehead atoms. The van der Waals surface area contributed by atoms with Gasteiger partial charge in [-0.15, -0.1) is 24.0 Å². The Morgan fingerprint density at radius 1 is 1.06 bits per heavy atom. The molecule has 0 aromatic heterocycles. The van der Waals surface area contributed by atoms with Crippen molar-refractivity contribution in [3.8, 4) is 0 Å². The molecule has 0 radical (unpaired) electrons. The first-order chi connectivity index (χ1) is 14.9. The van der Waals surface area contributed by atoms with Crippen molar-refractivity contribution in [3.63, 3.8) is 0 Å². The number of nitrogens with zero attached hydrogens (tertiary/aromatic N) is 5. The van der Waals surface area contributed by atoms with Gasteiger partial charge < -0.3 is 24.6 Å². The number of carbonyl (C=O) groups excluding carboxylic acids is 1. The molecule has 0 aromatic rings. The number of ether oxygens (including phenoxy) is 2. The summed E-state index contributed by atoms with van der Waals surface area (Å²) in [6.07, 6.45) is 2.06. The molecule has 3 fully saturated rings. The third-order valence-electron chi connectivity index (χ3n) is 6.20. The number of aliphatic imine (C=N–C) groups is 1. The number of rotatable bonds is 5. The van der Waals surface area contributed by atoms with Crippen LogP contribution in [-0.4, -0.2) is 129 Å². The average Bonchev–Trinajstić information content (AvgIpc) is 3.24. The Labute approximate surface area is 210 Å². The van der Waals surface area contributed by atoms with Crippen LogP contribution in [0.3, 0.4) is 0 Å². The van der Waals surface area contributed by atoms with Crippen molar-refractivity contribution in [1.82, 2.24) is 24.9 Å². The SMILES string of the molecule is CN=C(NCCCN1CCN(C(=O)OC(C)(C)C)CC1)N1CCC(N2CCOCC2)C1.I. The molecule has 3 heterocycles. The van der Waals surface area contributed by atoms with Crippen molar-refractivity contribution in [1.29, 1.82) is 0 Å². The first-order valence-corrected chi connectivity index (χ1v) is 11.8. The first kappa shape index (κ1) is 27.4. The smallest absolute Gasteiger partial charge is 0.410 e. The van der Waals surface area contributed by atoms with Gasteiger partial charge in [-0.2, -0.15) is 0 Å². The molecule has 186 valence electrons. The molecule has 9 nitrogen and oxygen atoms in total. The molecule has 1 atom stereocenters. The average molecular weight is 567 g/mol. The van der Waals surface area contributed by atoms with E-state index in [4.69, 9.17) is 9.47 Å². The van der Waals surface area contributed by atoms with Gasteiger partial charge in [-0.3, -0.25) is 14.8 Å². The van der Waals surface area contributed by atoms with Crippen molar-refractivity contribution in [3.05, 3.63) is 0 Å². The van der Waals surface area contributed by atoms with E-state index in [1.807, 2.05) is 32.7 Å². The minimum absolute atomic E-state index is 0. The summed E-state index contributed by atoms with van der Waals surface area (Å²) in [6.45, 7) is 16.9. The fraction of sp³-hybridized carbons (Fsp3) is 0.909. The zero-order valence-electron chi connectivity index (χ0n) is 20.3. The second-order valence-electron chi connectivity index (χ2n) is 9.67. The molecule has 0 spiro atoms. The van der Waals surface area contributed by atoms with Gasteiger partial charge in [0.15, 0.2) is 5.96 Å². The van der Waals surface area contributed by atoms with Gasteiger partial charge in [0.05, 0.1) is 13.2 Å². The third kappa shape index (κ3) is 8.49. The molecule has 32 heavy (non-hydrogen) atoms. The molecule has 0 saturated carbocycles. The fourth-order valence-electron chi connectivity index (χ4n) is 4.49. The van der Waals surface area contributed by atoms with E-state index in [9.17, 15) is 4.79 Å². The molecule has 3 aliphatic heterocycles. The Morgan fingerprint density at radius 2 is 1.75 bits per heavy atom. The molecule has 10 heteroatoms. The van der Waals surface area contributed by atoms with Crippen LogP contribution in [0.5, 0.6) is 0 Å². The van der Waals surface area contributed by atoms with Crippen LogP contribution in [0.1, 0.15) is 33.6 Å². The fourth-order valence-corrected chi connectivity index (χ4v) is 4.49. The number of hydrogen-bond acceptors (Lipinski definition) is 6. The third-order valence-corrected chi connectivity index (χ3v) is 6.20. The number of hydrogen-bond donors (Lipinski definition) is 1. The summed E-state index contributed by atoms with van der Waals surface area (Å²) >= 11 is 0. The van der Waals surface area contributed by atoms with Gasteiger partial charge in [-0.25, -0.2) is 4.79 Å². The lowest BCUT2D eigenvalue weighted by atomic mass is 10.2. The number of carbonyl (C=O) groups is 1. The van der Waals surface area contributed by atoms with Gasteiger partial charge in [0.1, 0.15) is 5.60 Å². The van der Waals surface area contributed by atoms with Crippen molar-refractivity contribution in [2.45, 2.75) is 45.3 Å². The molecule has 3 saturated heterocycles. The summed E-state index contributed by atoms with van der Waals surface area (Å²) in [4.78, 5) is 25.9. The van der Waals surface area contributed by atoms with Crippen LogP contribution in [0, 0.1) is 0 Å². The Hall–Kier alpha value is -0.850. The van der Waals surface area contributed by atoms with Crippen molar-refractivity contribution < 1.29 is 14.3 Å². The van der Waals surface area contributed by atoms with E-state index in [1.165, 1.54) is 6.42 Å². The number of guanidine groups is 1. The summed E-state index contributed by atoms with van der Waals surface area (Å²) in [6, 6.07) is 0.615. The summed E-state index contributed by atoms with van der Waals surface area (Å²) in [7, 11) is 1.88. The highest BCUT2D eigenvalue weighted by Crippen LogP contribution is 2.17. The number of likely N-dealkylation sites (tertiary alicyclic amines) is 1. The van der Waals surface area contributed by atoms with Crippen LogP contribution >= 0.6 is 24.0 Å². The number of morpholine rings is 1.